The van der Waals surface area contributed by atoms with Gasteiger partial charge in [-0.25, -0.2) is 9.97 Å². The molecule has 0 spiro atoms. The van der Waals surface area contributed by atoms with Crippen molar-refractivity contribution in [3.8, 4) is 5.75 Å². The number of rotatable bonds is 3. The lowest BCUT2D eigenvalue weighted by Crippen LogP contribution is -2.49. The van der Waals surface area contributed by atoms with E-state index in [1.165, 1.54) is 0 Å². The summed E-state index contributed by atoms with van der Waals surface area (Å²) in [5, 5.41) is 0.523. The molecule has 1 aliphatic rings. The van der Waals surface area contributed by atoms with Gasteiger partial charge in [0.2, 0.25) is 0 Å². The molecule has 0 bridgehead atoms. The Hall–Kier alpha value is -2.34. The Balaban J connectivity index is 1.72. The molecule has 0 saturated carbocycles. The Kier molecular flexibility index (Phi) is 4.85. The summed E-state index contributed by atoms with van der Waals surface area (Å²) in [5.41, 5.74) is 1.53. The van der Waals surface area contributed by atoms with Crippen LogP contribution < -0.4 is 9.64 Å². The van der Waals surface area contributed by atoms with E-state index in [1.807, 2.05) is 11.8 Å². The molecule has 1 aromatic carbocycles. The van der Waals surface area contributed by atoms with E-state index in [9.17, 15) is 4.79 Å². The molecule has 1 saturated heterocycles. The number of aryl methyl sites for hydroxylation is 1. The van der Waals surface area contributed by atoms with Crippen molar-refractivity contribution < 1.29 is 9.53 Å². The number of hydrogen-bond acceptors (Lipinski definition) is 5. The molecular weight excluding hydrogens is 328 g/mol. The number of nitrogens with zero attached hydrogens (tertiary/aromatic N) is 4. The van der Waals surface area contributed by atoms with E-state index in [0.29, 0.717) is 29.4 Å². The van der Waals surface area contributed by atoms with Gasteiger partial charge in [-0.1, -0.05) is 11.6 Å². The van der Waals surface area contributed by atoms with Crippen LogP contribution in [0.25, 0.3) is 0 Å². The predicted molar refractivity (Wildman–Crippen MR) is 92.9 cm³/mol. The monoisotopic (exact) mass is 346 g/mol. The minimum Gasteiger partial charge on any atom is -0.496 e. The number of carbonyl (C=O) groups is 1. The lowest BCUT2D eigenvalue weighted by Gasteiger charge is -2.36. The Morgan fingerprint density at radius 3 is 2.67 bits per heavy atom. The minimum atomic E-state index is -0.0617. The van der Waals surface area contributed by atoms with E-state index in [-0.39, 0.29) is 5.91 Å². The van der Waals surface area contributed by atoms with Crippen LogP contribution in [0.3, 0.4) is 0 Å². The first-order chi connectivity index (χ1) is 11.6. The predicted octanol–water partition coefficient (Wildman–Crippen LogP) is 2.41. The highest BCUT2D eigenvalue weighted by Gasteiger charge is 2.25. The van der Waals surface area contributed by atoms with Crippen molar-refractivity contribution in [2.75, 3.05) is 38.2 Å². The molecule has 1 aromatic heterocycles. The van der Waals surface area contributed by atoms with Crippen LogP contribution in [0.5, 0.6) is 5.75 Å². The van der Waals surface area contributed by atoms with Crippen LogP contribution in [-0.4, -0.2) is 54.1 Å². The van der Waals surface area contributed by atoms with Gasteiger partial charge in [0.15, 0.2) is 0 Å². The molecule has 126 valence electrons. The van der Waals surface area contributed by atoms with Crippen molar-refractivity contribution in [1.29, 1.82) is 0 Å². The second-order valence-corrected chi connectivity index (χ2v) is 6.09. The molecule has 0 aliphatic carbocycles. The zero-order valence-electron chi connectivity index (χ0n) is 13.7. The van der Waals surface area contributed by atoms with Gasteiger partial charge in [-0.15, -0.1) is 0 Å². The van der Waals surface area contributed by atoms with Crippen molar-refractivity contribution >= 4 is 23.3 Å². The van der Waals surface area contributed by atoms with Gasteiger partial charge in [-0.05, 0) is 25.1 Å². The van der Waals surface area contributed by atoms with Crippen LogP contribution in [-0.2, 0) is 0 Å². The standard InChI is InChI=1S/C17H19ClN4O2/c1-12-10-19-11-20-16(12)21-5-7-22(8-6-21)17(23)14-9-13(18)3-4-15(14)24-2/h3-4,9-11H,5-8H2,1-2H3. The third-order valence-electron chi connectivity index (χ3n) is 4.13. The summed E-state index contributed by atoms with van der Waals surface area (Å²) in [6.07, 6.45) is 3.35. The lowest BCUT2D eigenvalue weighted by molar-refractivity contribution is 0.0743. The van der Waals surface area contributed by atoms with Crippen molar-refractivity contribution in [1.82, 2.24) is 14.9 Å². The molecule has 1 fully saturated rings. The summed E-state index contributed by atoms with van der Waals surface area (Å²) in [5.74, 6) is 1.41. The third-order valence-corrected chi connectivity index (χ3v) is 4.36. The van der Waals surface area contributed by atoms with Gasteiger partial charge in [0.25, 0.3) is 5.91 Å². The number of carbonyl (C=O) groups excluding carboxylic acids is 1. The molecule has 2 heterocycles. The van der Waals surface area contributed by atoms with E-state index >= 15 is 0 Å². The topological polar surface area (TPSA) is 58.6 Å². The average Bonchev–Trinajstić information content (AvgIpc) is 2.62. The highest BCUT2D eigenvalue weighted by atomic mass is 35.5. The van der Waals surface area contributed by atoms with E-state index in [1.54, 1.807) is 37.8 Å². The van der Waals surface area contributed by atoms with Crippen molar-refractivity contribution in [2.24, 2.45) is 0 Å². The Morgan fingerprint density at radius 1 is 1.25 bits per heavy atom. The number of methoxy groups -OCH3 is 1. The fourth-order valence-corrected chi connectivity index (χ4v) is 3.03. The highest BCUT2D eigenvalue weighted by molar-refractivity contribution is 6.31. The number of piperazine rings is 1. The quantitative estimate of drug-likeness (QED) is 0.854. The molecule has 7 heteroatoms. The molecule has 1 aliphatic heterocycles. The zero-order valence-corrected chi connectivity index (χ0v) is 14.5. The number of amides is 1. The van der Waals surface area contributed by atoms with Gasteiger partial charge < -0.3 is 14.5 Å². The van der Waals surface area contributed by atoms with Crippen molar-refractivity contribution in [3.05, 3.63) is 46.9 Å². The molecule has 2 aromatic rings. The van der Waals surface area contributed by atoms with Gasteiger partial charge in [0.1, 0.15) is 17.9 Å². The summed E-state index contributed by atoms with van der Waals surface area (Å²) in [6.45, 7) is 4.69. The molecule has 6 nitrogen and oxygen atoms in total. The number of aromatic nitrogens is 2. The molecule has 0 atom stereocenters. The van der Waals surface area contributed by atoms with E-state index < -0.39 is 0 Å². The molecule has 24 heavy (non-hydrogen) atoms. The largest absolute Gasteiger partial charge is 0.496 e. The smallest absolute Gasteiger partial charge is 0.257 e. The van der Waals surface area contributed by atoms with Gasteiger partial charge in [0.05, 0.1) is 12.7 Å². The molecule has 3 rings (SSSR count). The number of anilines is 1. The number of hydrogen-bond donors (Lipinski definition) is 0. The summed E-state index contributed by atoms with van der Waals surface area (Å²) in [6, 6.07) is 5.09. The first-order valence-corrected chi connectivity index (χ1v) is 8.12. The summed E-state index contributed by atoms with van der Waals surface area (Å²) >= 11 is 6.03. The molecule has 0 radical (unpaired) electrons. The van der Waals surface area contributed by atoms with Crippen LogP contribution in [0, 0.1) is 6.92 Å². The average molecular weight is 347 g/mol. The summed E-state index contributed by atoms with van der Waals surface area (Å²) in [4.78, 5) is 25.1. The van der Waals surface area contributed by atoms with Gasteiger partial charge >= 0.3 is 0 Å². The van der Waals surface area contributed by atoms with E-state index in [0.717, 1.165) is 24.5 Å². The molecule has 0 unspecified atom stereocenters. The first-order valence-electron chi connectivity index (χ1n) is 7.74. The van der Waals surface area contributed by atoms with Gasteiger partial charge in [-0.3, -0.25) is 4.79 Å². The maximum absolute atomic E-state index is 12.8. The third kappa shape index (κ3) is 3.28. The second kappa shape index (κ2) is 7.05. The number of ether oxygens (including phenoxy) is 1. The van der Waals surface area contributed by atoms with Crippen LogP contribution in [0.4, 0.5) is 5.82 Å². The van der Waals surface area contributed by atoms with Gasteiger partial charge in [0, 0.05) is 43.0 Å². The van der Waals surface area contributed by atoms with Crippen LogP contribution in [0.2, 0.25) is 5.02 Å². The summed E-state index contributed by atoms with van der Waals surface area (Å²) < 4.78 is 5.28. The van der Waals surface area contributed by atoms with Crippen molar-refractivity contribution in [2.45, 2.75) is 6.92 Å². The normalized spacial score (nSPS) is 14.6. The Morgan fingerprint density at radius 2 is 2.00 bits per heavy atom. The summed E-state index contributed by atoms with van der Waals surface area (Å²) in [7, 11) is 1.55. The van der Waals surface area contributed by atoms with Gasteiger partial charge in [-0.2, -0.15) is 0 Å². The molecule has 0 N–H and O–H groups in total. The zero-order chi connectivity index (χ0) is 17.1. The Labute approximate surface area is 146 Å². The molecule has 1 amide bonds. The lowest BCUT2D eigenvalue weighted by atomic mass is 10.1. The minimum absolute atomic E-state index is 0.0617. The fraction of sp³-hybridized carbons (Fsp3) is 0.353. The first kappa shape index (κ1) is 16.5. The molecular formula is C17H19ClN4O2. The van der Waals surface area contributed by atoms with E-state index in [2.05, 4.69) is 14.9 Å². The maximum atomic E-state index is 12.8. The fourth-order valence-electron chi connectivity index (χ4n) is 2.86. The number of benzene rings is 1. The Bertz CT molecular complexity index is 745. The van der Waals surface area contributed by atoms with Crippen LogP contribution in [0.15, 0.2) is 30.7 Å². The number of halogens is 1. The van der Waals surface area contributed by atoms with Crippen molar-refractivity contribution in [3.63, 3.8) is 0 Å². The van der Waals surface area contributed by atoms with E-state index in [4.69, 9.17) is 16.3 Å². The second-order valence-electron chi connectivity index (χ2n) is 5.65. The SMILES string of the molecule is COc1ccc(Cl)cc1C(=O)N1CCN(c2ncncc2C)CC1. The maximum Gasteiger partial charge on any atom is 0.257 e. The van der Waals surface area contributed by atoms with Crippen LogP contribution >= 0.6 is 11.6 Å². The van der Waals surface area contributed by atoms with Crippen LogP contribution in [0.1, 0.15) is 15.9 Å². The highest BCUT2D eigenvalue weighted by Crippen LogP contribution is 2.25.